The van der Waals surface area contributed by atoms with Crippen molar-refractivity contribution in [3.63, 3.8) is 0 Å². The van der Waals surface area contributed by atoms with Crippen molar-refractivity contribution >= 4 is 17.2 Å². The van der Waals surface area contributed by atoms with Crippen molar-refractivity contribution < 1.29 is 14.2 Å². The lowest BCUT2D eigenvalue weighted by atomic mass is 10.3. The lowest BCUT2D eigenvalue weighted by Crippen LogP contribution is -2.12. The summed E-state index contributed by atoms with van der Waals surface area (Å²) in [4.78, 5) is 4.39. The van der Waals surface area contributed by atoms with Crippen LogP contribution >= 0.6 is 12.2 Å². The third-order valence-electron chi connectivity index (χ3n) is 1.93. The highest BCUT2D eigenvalue weighted by atomic mass is 32.1. The summed E-state index contributed by atoms with van der Waals surface area (Å²) in [5.41, 5.74) is 6.18. The van der Waals surface area contributed by atoms with Crippen molar-refractivity contribution in [2.45, 2.75) is 0 Å². The monoisotopic (exact) mass is 256 g/mol. The zero-order valence-corrected chi connectivity index (χ0v) is 10.5. The van der Waals surface area contributed by atoms with Gasteiger partial charge in [0.1, 0.15) is 11.6 Å². The van der Waals surface area contributed by atoms with E-state index in [1.807, 2.05) is 0 Å². The molecule has 0 aliphatic carbocycles. The number of hydrogen-bond donors (Lipinski definition) is 1. The fourth-order valence-electron chi connectivity index (χ4n) is 1.06. The first kappa shape index (κ1) is 13.8. The standard InChI is InChI=1S/C11H16N2O3S/c1-14-4-5-15-6-7-16-10-3-2-9(8-13-10)11(12)17/h2-3,8H,4-7H2,1H3,(H2,12,17). The molecule has 0 radical (unpaired) electrons. The molecule has 94 valence electrons. The number of hydrogen-bond acceptors (Lipinski definition) is 5. The van der Waals surface area contributed by atoms with Gasteiger partial charge in [0.15, 0.2) is 0 Å². The molecule has 6 heteroatoms. The summed E-state index contributed by atoms with van der Waals surface area (Å²) in [7, 11) is 1.63. The lowest BCUT2D eigenvalue weighted by molar-refractivity contribution is 0.0537. The SMILES string of the molecule is COCCOCCOc1ccc(C(N)=S)cn1. The zero-order chi connectivity index (χ0) is 12.5. The van der Waals surface area contributed by atoms with Crippen LogP contribution in [0.4, 0.5) is 0 Å². The molecule has 0 spiro atoms. The number of nitrogens with two attached hydrogens (primary N) is 1. The van der Waals surface area contributed by atoms with E-state index in [1.54, 1.807) is 25.4 Å². The number of aromatic nitrogens is 1. The van der Waals surface area contributed by atoms with Crippen molar-refractivity contribution in [2.24, 2.45) is 5.73 Å². The molecule has 0 atom stereocenters. The van der Waals surface area contributed by atoms with Crippen LogP contribution in [-0.4, -0.2) is 43.5 Å². The van der Waals surface area contributed by atoms with Crippen molar-refractivity contribution in [3.8, 4) is 5.88 Å². The molecule has 2 N–H and O–H groups in total. The van der Waals surface area contributed by atoms with Crippen molar-refractivity contribution in [2.75, 3.05) is 33.5 Å². The molecule has 0 bridgehead atoms. The van der Waals surface area contributed by atoms with Crippen LogP contribution in [-0.2, 0) is 9.47 Å². The van der Waals surface area contributed by atoms with Crippen LogP contribution in [0.2, 0.25) is 0 Å². The highest BCUT2D eigenvalue weighted by molar-refractivity contribution is 7.80. The molecule has 5 nitrogen and oxygen atoms in total. The number of thiocarbonyl (C=S) groups is 1. The van der Waals surface area contributed by atoms with Gasteiger partial charge in [-0.25, -0.2) is 4.98 Å². The van der Waals surface area contributed by atoms with Gasteiger partial charge in [0, 0.05) is 24.9 Å². The Kier molecular flexibility index (Phi) is 6.46. The molecule has 0 aliphatic rings. The molecule has 0 fully saturated rings. The maximum absolute atomic E-state index is 5.45. The second kappa shape index (κ2) is 7.94. The predicted molar refractivity (Wildman–Crippen MR) is 68.3 cm³/mol. The van der Waals surface area contributed by atoms with Gasteiger partial charge in [0.05, 0.1) is 19.8 Å². The smallest absolute Gasteiger partial charge is 0.213 e. The van der Waals surface area contributed by atoms with Gasteiger partial charge in [-0.15, -0.1) is 0 Å². The summed E-state index contributed by atoms with van der Waals surface area (Å²) >= 11 is 4.82. The zero-order valence-electron chi connectivity index (χ0n) is 9.72. The quantitative estimate of drug-likeness (QED) is 0.547. The highest BCUT2D eigenvalue weighted by Gasteiger charge is 1.98. The maximum Gasteiger partial charge on any atom is 0.213 e. The first-order valence-corrected chi connectivity index (χ1v) is 5.60. The van der Waals surface area contributed by atoms with Crippen LogP contribution in [0.25, 0.3) is 0 Å². The summed E-state index contributed by atoms with van der Waals surface area (Å²) in [6.45, 7) is 2.10. The average Bonchev–Trinajstić information content (AvgIpc) is 2.34. The maximum atomic E-state index is 5.45. The van der Waals surface area contributed by atoms with Gasteiger partial charge in [0.2, 0.25) is 5.88 Å². The first-order valence-electron chi connectivity index (χ1n) is 5.19. The molecule has 1 aromatic heterocycles. The molecule has 0 amide bonds. The van der Waals surface area contributed by atoms with Gasteiger partial charge in [-0.2, -0.15) is 0 Å². The predicted octanol–water partition coefficient (Wildman–Crippen LogP) is 0.758. The normalized spacial score (nSPS) is 10.2. The van der Waals surface area contributed by atoms with Crippen LogP contribution in [0.1, 0.15) is 5.56 Å². The van der Waals surface area contributed by atoms with Crippen LogP contribution in [0.15, 0.2) is 18.3 Å². The van der Waals surface area contributed by atoms with E-state index in [1.165, 1.54) is 0 Å². The molecule has 0 aliphatic heterocycles. The summed E-state index contributed by atoms with van der Waals surface area (Å²) in [6, 6.07) is 3.50. The van der Waals surface area contributed by atoms with Crippen molar-refractivity contribution in [1.29, 1.82) is 0 Å². The van der Waals surface area contributed by atoms with Gasteiger partial charge >= 0.3 is 0 Å². The topological polar surface area (TPSA) is 66.6 Å². The van der Waals surface area contributed by atoms with Crippen LogP contribution < -0.4 is 10.5 Å². The van der Waals surface area contributed by atoms with Crippen LogP contribution in [0, 0.1) is 0 Å². The Morgan fingerprint density at radius 2 is 2.06 bits per heavy atom. The number of pyridine rings is 1. The van der Waals surface area contributed by atoms with Gasteiger partial charge < -0.3 is 19.9 Å². The fourth-order valence-corrected chi connectivity index (χ4v) is 1.18. The Morgan fingerprint density at radius 1 is 1.29 bits per heavy atom. The van der Waals surface area contributed by atoms with Crippen LogP contribution in [0.3, 0.4) is 0 Å². The van der Waals surface area contributed by atoms with E-state index in [0.717, 1.165) is 5.56 Å². The molecule has 1 aromatic rings. The number of ether oxygens (including phenoxy) is 3. The number of nitrogens with zero attached hydrogens (tertiary/aromatic N) is 1. The largest absolute Gasteiger partial charge is 0.475 e. The summed E-state index contributed by atoms with van der Waals surface area (Å²) in [5, 5.41) is 0. The van der Waals surface area contributed by atoms with Gasteiger partial charge in [-0.3, -0.25) is 0 Å². The van der Waals surface area contributed by atoms with Crippen LogP contribution in [0.5, 0.6) is 5.88 Å². The van der Waals surface area contributed by atoms with Crippen molar-refractivity contribution in [1.82, 2.24) is 4.98 Å². The summed E-state index contributed by atoms with van der Waals surface area (Å²) in [6.07, 6.45) is 1.59. The molecular weight excluding hydrogens is 240 g/mol. The molecule has 0 unspecified atom stereocenters. The Hall–Kier alpha value is -1.24. The van der Waals surface area contributed by atoms with E-state index in [9.17, 15) is 0 Å². The second-order valence-corrected chi connectivity index (χ2v) is 3.64. The molecule has 0 aromatic carbocycles. The summed E-state index contributed by atoms with van der Waals surface area (Å²) < 4.78 is 15.4. The average molecular weight is 256 g/mol. The summed E-state index contributed by atoms with van der Waals surface area (Å²) in [5.74, 6) is 0.528. The van der Waals surface area contributed by atoms with E-state index >= 15 is 0 Å². The Labute approximate surface area is 106 Å². The minimum atomic E-state index is 0.326. The third-order valence-corrected chi connectivity index (χ3v) is 2.17. The molecule has 17 heavy (non-hydrogen) atoms. The fraction of sp³-hybridized carbons (Fsp3) is 0.455. The minimum Gasteiger partial charge on any atom is -0.475 e. The number of methoxy groups -OCH3 is 1. The van der Waals surface area contributed by atoms with E-state index in [0.29, 0.717) is 37.3 Å². The number of rotatable bonds is 8. The van der Waals surface area contributed by atoms with E-state index in [4.69, 9.17) is 32.2 Å². The second-order valence-electron chi connectivity index (χ2n) is 3.20. The highest BCUT2D eigenvalue weighted by Crippen LogP contribution is 2.07. The van der Waals surface area contributed by atoms with Gasteiger partial charge in [-0.1, -0.05) is 12.2 Å². The van der Waals surface area contributed by atoms with Crippen molar-refractivity contribution in [3.05, 3.63) is 23.9 Å². The van der Waals surface area contributed by atoms with Gasteiger partial charge in [0.25, 0.3) is 0 Å². The van der Waals surface area contributed by atoms with Gasteiger partial charge in [-0.05, 0) is 6.07 Å². The molecule has 0 saturated carbocycles. The van der Waals surface area contributed by atoms with E-state index in [-0.39, 0.29) is 0 Å². The Balaban J connectivity index is 2.21. The van der Waals surface area contributed by atoms with E-state index < -0.39 is 0 Å². The molecule has 1 heterocycles. The Morgan fingerprint density at radius 3 is 2.65 bits per heavy atom. The molecule has 0 saturated heterocycles. The lowest BCUT2D eigenvalue weighted by Gasteiger charge is -2.06. The Bertz CT molecular complexity index is 343. The molecular formula is C11H16N2O3S. The molecule has 1 rings (SSSR count). The third kappa shape index (κ3) is 5.58. The minimum absolute atomic E-state index is 0.326. The first-order chi connectivity index (χ1) is 8.24. The van der Waals surface area contributed by atoms with E-state index in [2.05, 4.69) is 4.98 Å².